The van der Waals surface area contributed by atoms with Crippen LogP contribution in [0.15, 0.2) is 11.0 Å². The fourth-order valence-electron chi connectivity index (χ4n) is 1.39. The van der Waals surface area contributed by atoms with Crippen molar-refractivity contribution < 1.29 is 14.8 Å². The van der Waals surface area contributed by atoms with Crippen molar-refractivity contribution in [3.05, 3.63) is 16.6 Å². The maximum absolute atomic E-state index is 11.7. The quantitative estimate of drug-likeness (QED) is 0.511. The predicted molar refractivity (Wildman–Crippen MR) is 64.3 cm³/mol. The summed E-state index contributed by atoms with van der Waals surface area (Å²) in [5.41, 5.74) is -0.653. The summed E-state index contributed by atoms with van der Waals surface area (Å²) >= 11 is 0. The Morgan fingerprint density at radius 2 is 2.29 bits per heavy atom. The first-order valence-electron chi connectivity index (χ1n) is 5.15. The van der Waals surface area contributed by atoms with Gasteiger partial charge in [0.1, 0.15) is 0 Å². The van der Waals surface area contributed by atoms with E-state index in [0.717, 1.165) is 6.20 Å². The van der Waals surface area contributed by atoms with Crippen LogP contribution in [0.2, 0.25) is 0 Å². The molecule has 8 heteroatoms. The lowest BCUT2D eigenvalue weighted by atomic mass is 9.82. The van der Waals surface area contributed by atoms with E-state index in [-0.39, 0.29) is 11.5 Å². The number of rotatable bonds is 5. The molecule has 1 aromatic heterocycles. The maximum atomic E-state index is 11.7. The third-order valence-corrected chi connectivity index (χ3v) is 2.27. The van der Waals surface area contributed by atoms with E-state index < -0.39 is 12.7 Å². The largest absolute Gasteiger partial charge is 0.495 e. The lowest BCUT2D eigenvalue weighted by molar-refractivity contribution is 0.190. The van der Waals surface area contributed by atoms with Gasteiger partial charge in [-0.2, -0.15) is 0 Å². The fraction of sp³-hybridized carbons (Fsp3) is 0.556. The van der Waals surface area contributed by atoms with Crippen LogP contribution in [-0.2, 0) is 11.8 Å². The highest BCUT2D eigenvalue weighted by Crippen LogP contribution is 1.99. The van der Waals surface area contributed by atoms with Crippen molar-refractivity contribution in [1.82, 2.24) is 9.55 Å². The normalized spacial score (nSPS) is 12.3. The molecular weight excluding hydrogens is 225 g/mol. The van der Waals surface area contributed by atoms with Gasteiger partial charge in [-0.15, -0.1) is 0 Å². The van der Waals surface area contributed by atoms with Gasteiger partial charge in [0.15, 0.2) is 0 Å². The van der Waals surface area contributed by atoms with Crippen molar-refractivity contribution in [2.75, 3.05) is 19.0 Å². The first kappa shape index (κ1) is 13.7. The standard InChI is InChI=1S/C9H16BN3O4/c1-6(5-17-3)12-9-11-4-7(10(15)16)8(14)13(9)2/h4,6,15-16H,5H2,1-3H3,(H,11,12)/t6-/m1/s1. The molecule has 0 saturated carbocycles. The third-order valence-electron chi connectivity index (χ3n) is 2.27. The molecule has 94 valence electrons. The van der Waals surface area contributed by atoms with Crippen LogP contribution in [0, 0.1) is 0 Å². The van der Waals surface area contributed by atoms with Gasteiger partial charge in [-0.1, -0.05) is 0 Å². The van der Waals surface area contributed by atoms with E-state index in [0.29, 0.717) is 12.6 Å². The summed E-state index contributed by atoms with van der Waals surface area (Å²) < 4.78 is 6.17. The molecule has 7 nitrogen and oxygen atoms in total. The van der Waals surface area contributed by atoms with Crippen molar-refractivity contribution in [2.24, 2.45) is 7.05 Å². The number of nitrogens with zero attached hydrogens (tertiary/aromatic N) is 2. The highest BCUT2D eigenvalue weighted by molar-refractivity contribution is 6.58. The van der Waals surface area contributed by atoms with Crippen molar-refractivity contribution in [1.29, 1.82) is 0 Å². The van der Waals surface area contributed by atoms with Crippen molar-refractivity contribution in [2.45, 2.75) is 13.0 Å². The maximum Gasteiger partial charge on any atom is 0.495 e. The molecule has 0 unspecified atom stereocenters. The summed E-state index contributed by atoms with van der Waals surface area (Å²) in [4.78, 5) is 15.7. The van der Waals surface area contributed by atoms with E-state index in [4.69, 9.17) is 14.8 Å². The van der Waals surface area contributed by atoms with Crippen LogP contribution < -0.4 is 16.3 Å². The molecule has 0 aliphatic carbocycles. The second kappa shape index (κ2) is 5.81. The Bertz CT molecular complexity index is 435. The lowest BCUT2D eigenvalue weighted by Crippen LogP contribution is -2.46. The molecule has 3 N–H and O–H groups in total. The van der Waals surface area contributed by atoms with Crippen molar-refractivity contribution >= 4 is 18.5 Å². The molecule has 17 heavy (non-hydrogen) atoms. The average molecular weight is 241 g/mol. The van der Waals surface area contributed by atoms with Crippen LogP contribution >= 0.6 is 0 Å². The van der Waals surface area contributed by atoms with Gasteiger partial charge in [0, 0.05) is 26.4 Å². The Kier molecular flexibility index (Phi) is 4.67. The molecule has 0 aliphatic rings. The number of hydrogen-bond donors (Lipinski definition) is 3. The molecule has 1 heterocycles. The zero-order valence-corrected chi connectivity index (χ0v) is 10.0. The van der Waals surface area contributed by atoms with Crippen LogP contribution in [0.4, 0.5) is 5.95 Å². The summed E-state index contributed by atoms with van der Waals surface area (Å²) in [6, 6.07) is -0.0111. The molecule has 0 saturated heterocycles. The molecule has 0 spiro atoms. The molecule has 1 aromatic rings. The molecule has 0 radical (unpaired) electrons. The minimum Gasteiger partial charge on any atom is -0.423 e. The van der Waals surface area contributed by atoms with Crippen LogP contribution in [0.1, 0.15) is 6.92 Å². The molecule has 0 fully saturated rings. The second-order valence-corrected chi connectivity index (χ2v) is 3.78. The summed E-state index contributed by atoms with van der Waals surface area (Å²) in [5.74, 6) is 0.351. The minimum atomic E-state index is -1.81. The zero-order valence-electron chi connectivity index (χ0n) is 10.0. The molecule has 0 aliphatic heterocycles. The fourth-order valence-corrected chi connectivity index (χ4v) is 1.39. The lowest BCUT2D eigenvalue weighted by Gasteiger charge is -2.16. The Morgan fingerprint density at radius 3 is 2.82 bits per heavy atom. The highest BCUT2D eigenvalue weighted by Gasteiger charge is 2.18. The smallest absolute Gasteiger partial charge is 0.423 e. The van der Waals surface area contributed by atoms with Crippen molar-refractivity contribution in [3.63, 3.8) is 0 Å². The molecule has 0 amide bonds. The summed E-state index contributed by atoms with van der Waals surface area (Å²) in [6.07, 6.45) is 1.15. The predicted octanol–water partition coefficient (Wildman–Crippen LogP) is -2.09. The molecule has 1 atom stereocenters. The van der Waals surface area contributed by atoms with Gasteiger partial charge in [0.2, 0.25) is 5.95 Å². The van der Waals surface area contributed by atoms with E-state index in [9.17, 15) is 4.79 Å². The summed E-state index contributed by atoms with van der Waals surface area (Å²) in [7, 11) is 1.27. The van der Waals surface area contributed by atoms with Crippen LogP contribution in [0.25, 0.3) is 0 Å². The molecule has 0 aromatic carbocycles. The molecular formula is C9H16BN3O4. The number of ether oxygens (including phenoxy) is 1. The molecule has 1 rings (SSSR count). The Balaban J connectivity index is 2.97. The van der Waals surface area contributed by atoms with Gasteiger partial charge in [0.05, 0.1) is 12.1 Å². The van der Waals surface area contributed by atoms with E-state index >= 15 is 0 Å². The zero-order chi connectivity index (χ0) is 13.0. The van der Waals surface area contributed by atoms with Gasteiger partial charge in [0.25, 0.3) is 5.56 Å². The number of aromatic nitrogens is 2. The van der Waals surface area contributed by atoms with Crippen molar-refractivity contribution in [3.8, 4) is 0 Å². The number of hydrogen-bond acceptors (Lipinski definition) is 6. The van der Waals surface area contributed by atoms with Gasteiger partial charge in [-0.05, 0) is 6.92 Å². The van der Waals surface area contributed by atoms with E-state index in [1.165, 1.54) is 11.6 Å². The van der Waals surface area contributed by atoms with Gasteiger partial charge in [-0.3, -0.25) is 9.36 Å². The van der Waals surface area contributed by atoms with Gasteiger partial charge >= 0.3 is 7.12 Å². The van der Waals surface area contributed by atoms with E-state index in [1.54, 1.807) is 7.11 Å². The average Bonchev–Trinajstić information content (AvgIpc) is 2.25. The Hall–Kier alpha value is -1.38. The van der Waals surface area contributed by atoms with Crippen LogP contribution in [-0.4, -0.2) is 46.5 Å². The monoisotopic (exact) mass is 241 g/mol. The topological polar surface area (TPSA) is 96.6 Å². The number of nitrogens with one attached hydrogen (secondary N) is 1. The Labute approximate surface area is 99.2 Å². The second-order valence-electron chi connectivity index (χ2n) is 3.78. The highest BCUT2D eigenvalue weighted by atomic mass is 16.5. The molecule has 0 bridgehead atoms. The van der Waals surface area contributed by atoms with Crippen LogP contribution in [0.5, 0.6) is 0 Å². The number of anilines is 1. The Morgan fingerprint density at radius 1 is 1.65 bits per heavy atom. The van der Waals surface area contributed by atoms with E-state index in [1.807, 2.05) is 6.92 Å². The number of methoxy groups -OCH3 is 1. The van der Waals surface area contributed by atoms with Gasteiger partial charge < -0.3 is 20.1 Å². The SMILES string of the molecule is COC[C@@H](C)Nc1ncc(B(O)O)c(=O)n1C. The minimum absolute atomic E-state index is 0.0111. The first-order valence-corrected chi connectivity index (χ1v) is 5.15. The van der Waals surface area contributed by atoms with Gasteiger partial charge in [-0.25, -0.2) is 4.98 Å². The summed E-state index contributed by atoms with van der Waals surface area (Å²) in [6.45, 7) is 2.35. The first-order chi connectivity index (χ1) is 7.97. The third kappa shape index (κ3) is 3.29. The van der Waals surface area contributed by atoms with Crippen LogP contribution in [0.3, 0.4) is 0 Å². The van der Waals surface area contributed by atoms with E-state index in [2.05, 4.69) is 10.3 Å². The summed E-state index contributed by atoms with van der Waals surface area (Å²) in [5, 5.41) is 20.9.